The molecule has 0 bridgehead atoms. The normalized spacial score (nSPS) is 12.1. The highest BCUT2D eigenvalue weighted by atomic mass is 16.4. The third-order valence-electron chi connectivity index (χ3n) is 2.56. The molecule has 4 heteroatoms. The average Bonchev–Trinajstić information content (AvgIpc) is 2.37. The molecule has 0 amide bonds. The van der Waals surface area contributed by atoms with Gasteiger partial charge < -0.3 is 5.21 Å². The van der Waals surface area contributed by atoms with E-state index in [1.54, 1.807) is 6.20 Å². The van der Waals surface area contributed by atoms with Gasteiger partial charge in [0.05, 0.1) is 11.4 Å². The molecule has 0 aliphatic carbocycles. The van der Waals surface area contributed by atoms with E-state index in [0.29, 0.717) is 6.54 Å². The van der Waals surface area contributed by atoms with Crippen molar-refractivity contribution in [1.82, 2.24) is 9.88 Å². The van der Waals surface area contributed by atoms with E-state index >= 15 is 0 Å². The van der Waals surface area contributed by atoms with Crippen LogP contribution in [-0.4, -0.2) is 33.9 Å². The van der Waals surface area contributed by atoms with Crippen LogP contribution in [0.5, 0.6) is 0 Å². The van der Waals surface area contributed by atoms with Crippen molar-refractivity contribution in [2.75, 3.05) is 13.1 Å². The number of oxime groups is 1. The van der Waals surface area contributed by atoms with E-state index in [4.69, 9.17) is 5.21 Å². The van der Waals surface area contributed by atoms with E-state index in [1.807, 2.05) is 25.1 Å². The summed E-state index contributed by atoms with van der Waals surface area (Å²) in [6, 6.07) is 5.93. The van der Waals surface area contributed by atoms with Crippen LogP contribution >= 0.6 is 0 Å². The number of pyridine rings is 1. The molecule has 17 heavy (non-hydrogen) atoms. The molecule has 1 N–H and O–H groups in total. The molecule has 94 valence electrons. The molecule has 0 spiro atoms. The predicted molar refractivity (Wildman–Crippen MR) is 69.3 cm³/mol. The Morgan fingerprint density at radius 3 is 2.88 bits per heavy atom. The minimum Gasteiger partial charge on any atom is -0.411 e. The lowest BCUT2D eigenvalue weighted by molar-refractivity contribution is 0.280. The van der Waals surface area contributed by atoms with Gasteiger partial charge in [0.1, 0.15) is 0 Å². The van der Waals surface area contributed by atoms with Crippen molar-refractivity contribution < 1.29 is 5.21 Å². The number of aromatic nitrogens is 1. The predicted octanol–water partition coefficient (Wildman–Crippen LogP) is 2.53. The van der Waals surface area contributed by atoms with Crippen molar-refractivity contribution in [3.8, 4) is 0 Å². The number of rotatable bonds is 7. The van der Waals surface area contributed by atoms with Crippen LogP contribution in [0.2, 0.25) is 0 Å². The van der Waals surface area contributed by atoms with Gasteiger partial charge in [-0.3, -0.25) is 9.88 Å². The Kier molecular flexibility index (Phi) is 6.25. The molecular weight excluding hydrogens is 214 g/mol. The zero-order valence-electron chi connectivity index (χ0n) is 10.6. The summed E-state index contributed by atoms with van der Waals surface area (Å²) in [5.41, 5.74) is 1.78. The summed E-state index contributed by atoms with van der Waals surface area (Å²) in [6.07, 6.45) is 4.11. The van der Waals surface area contributed by atoms with Gasteiger partial charge in [0.25, 0.3) is 0 Å². The van der Waals surface area contributed by atoms with Crippen LogP contribution in [0.3, 0.4) is 0 Å². The summed E-state index contributed by atoms with van der Waals surface area (Å²) in [7, 11) is 0. The van der Waals surface area contributed by atoms with Gasteiger partial charge >= 0.3 is 0 Å². The second-order valence-electron chi connectivity index (χ2n) is 4.22. The summed E-state index contributed by atoms with van der Waals surface area (Å²) < 4.78 is 0. The highest BCUT2D eigenvalue weighted by Gasteiger charge is 2.07. The van der Waals surface area contributed by atoms with Crippen molar-refractivity contribution in [2.45, 2.75) is 33.2 Å². The zero-order chi connectivity index (χ0) is 12.5. The lowest BCUT2D eigenvalue weighted by atomic mass is 10.2. The van der Waals surface area contributed by atoms with Crippen LogP contribution in [-0.2, 0) is 6.54 Å². The minimum absolute atomic E-state index is 0.688. The molecule has 1 aromatic heterocycles. The molecule has 1 aromatic rings. The molecule has 0 radical (unpaired) electrons. The van der Waals surface area contributed by atoms with Gasteiger partial charge in [-0.1, -0.05) is 24.6 Å². The van der Waals surface area contributed by atoms with E-state index in [-0.39, 0.29) is 0 Å². The Hall–Kier alpha value is -1.42. The Morgan fingerprint density at radius 2 is 2.29 bits per heavy atom. The molecule has 1 heterocycles. The van der Waals surface area contributed by atoms with Gasteiger partial charge in [0, 0.05) is 19.3 Å². The van der Waals surface area contributed by atoms with E-state index in [9.17, 15) is 0 Å². The molecule has 0 aromatic carbocycles. The lowest BCUT2D eigenvalue weighted by Crippen LogP contribution is -2.29. The van der Waals surface area contributed by atoms with Crippen molar-refractivity contribution in [2.24, 2.45) is 5.16 Å². The van der Waals surface area contributed by atoms with Crippen molar-refractivity contribution in [1.29, 1.82) is 0 Å². The molecule has 0 saturated heterocycles. The molecule has 4 nitrogen and oxygen atoms in total. The van der Waals surface area contributed by atoms with Gasteiger partial charge in [0.15, 0.2) is 0 Å². The largest absolute Gasteiger partial charge is 0.411 e. The van der Waals surface area contributed by atoms with Crippen LogP contribution in [0.4, 0.5) is 0 Å². The quantitative estimate of drug-likeness (QED) is 0.449. The topological polar surface area (TPSA) is 48.7 Å². The van der Waals surface area contributed by atoms with Crippen molar-refractivity contribution in [3.05, 3.63) is 30.1 Å². The molecule has 0 fully saturated rings. The monoisotopic (exact) mass is 235 g/mol. The van der Waals surface area contributed by atoms with E-state index in [0.717, 1.165) is 37.3 Å². The summed E-state index contributed by atoms with van der Waals surface area (Å²) in [4.78, 5) is 6.57. The van der Waals surface area contributed by atoms with Crippen LogP contribution in [0.25, 0.3) is 0 Å². The second kappa shape index (κ2) is 7.79. The van der Waals surface area contributed by atoms with E-state index in [1.165, 1.54) is 0 Å². The zero-order valence-corrected chi connectivity index (χ0v) is 10.6. The fraction of sp³-hybridized carbons (Fsp3) is 0.538. The van der Waals surface area contributed by atoms with Crippen LogP contribution < -0.4 is 0 Å². The van der Waals surface area contributed by atoms with Crippen molar-refractivity contribution in [3.63, 3.8) is 0 Å². The van der Waals surface area contributed by atoms with Crippen molar-refractivity contribution >= 4 is 5.71 Å². The maximum Gasteiger partial charge on any atom is 0.0680 e. The number of hydrogen-bond donors (Lipinski definition) is 1. The second-order valence-corrected chi connectivity index (χ2v) is 4.22. The SMILES string of the molecule is CCCCN(CC(C)=NO)Cc1ccccn1. The average molecular weight is 235 g/mol. The first-order valence-electron chi connectivity index (χ1n) is 6.06. The Bertz CT molecular complexity index is 338. The minimum atomic E-state index is 0.688. The molecule has 0 atom stereocenters. The third-order valence-corrected chi connectivity index (χ3v) is 2.56. The standard InChI is InChI=1S/C13H21N3O/c1-3-4-9-16(10-12(2)15-17)11-13-7-5-6-8-14-13/h5-8,17H,3-4,9-11H2,1-2H3. The Labute approximate surface area is 103 Å². The Balaban J connectivity index is 2.56. The van der Waals surface area contributed by atoms with Crippen LogP contribution in [0, 0.1) is 0 Å². The smallest absolute Gasteiger partial charge is 0.0680 e. The maximum absolute atomic E-state index is 8.72. The van der Waals surface area contributed by atoms with Crippen LogP contribution in [0.1, 0.15) is 32.4 Å². The van der Waals surface area contributed by atoms with E-state index in [2.05, 4.69) is 22.0 Å². The van der Waals surface area contributed by atoms with Gasteiger partial charge in [0.2, 0.25) is 0 Å². The first-order valence-corrected chi connectivity index (χ1v) is 6.06. The Morgan fingerprint density at radius 1 is 1.47 bits per heavy atom. The summed E-state index contributed by atoms with van der Waals surface area (Å²) in [6.45, 7) is 6.49. The summed E-state index contributed by atoms with van der Waals surface area (Å²) >= 11 is 0. The summed E-state index contributed by atoms with van der Waals surface area (Å²) in [5.74, 6) is 0. The molecule has 0 aliphatic rings. The molecule has 0 saturated carbocycles. The highest BCUT2D eigenvalue weighted by molar-refractivity contribution is 5.83. The number of nitrogens with zero attached hydrogens (tertiary/aromatic N) is 3. The van der Waals surface area contributed by atoms with Gasteiger partial charge in [-0.25, -0.2) is 0 Å². The fourth-order valence-electron chi connectivity index (χ4n) is 1.67. The van der Waals surface area contributed by atoms with Gasteiger partial charge in [-0.15, -0.1) is 0 Å². The first-order chi connectivity index (χ1) is 8.26. The lowest BCUT2D eigenvalue weighted by Gasteiger charge is -2.21. The third kappa shape index (κ3) is 5.45. The molecule has 0 unspecified atom stereocenters. The van der Waals surface area contributed by atoms with Crippen LogP contribution in [0.15, 0.2) is 29.6 Å². The first kappa shape index (κ1) is 13.6. The fourth-order valence-corrected chi connectivity index (χ4v) is 1.67. The molecule has 1 rings (SSSR count). The van der Waals surface area contributed by atoms with E-state index < -0.39 is 0 Å². The van der Waals surface area contributed by atoms with Gasteiger partial charge in [-0.2, -0.15) is 0 Å². The summed E-state index contributed by atoms with van der Waals surface area (Å²) in [5, 5.41) is 12.0. The number of hydrogen-bond acceptors (Lipinski definition) is 4. The number of unbranched alkanes of at least 4 members (excludes halogenated alkanes) is 1. The maximum atomic E-state index is 8.72. The molecule has 0 aliphatic heterocycles. The van der Waals surface area contributed by atoms with Gasteiger partial charge in [-0.05, 0) is 32.0 Å². The highest BCUT2D eigenvalue weighted by Crippen LogP contribution is 2.03. The molecular formula is C13H21N3O.